The van der Waals surface area contributed by atoms with Crippen LogP contribution in [0, 0.1) is 12.7 Å². The van der Waals surface area contributed by atoms with E-state index >= 15 is 0 Å². The van der Waals surface area contributed by atoms with Crippen LogP contribution >= 0.6 is 0 Å². The van der Waals surface area contributed by atoms with Crippen LogP contribution in [0.4, 0.5) is 4.39 Å². The van der Waals surface area contributed by atoms with Crippen molar-refractivity contribution in [1.82, 2.24) is 15.5 Å². The summed E-state index contributed by atoms with van der Waals surface area (Å²) in [5.74, 6) is -1.22. The van der Waals surface area contributed by atoms with E-state index < -0.39 is 17.8 Å². The number of likely N-dealkylation sites (N-methyl/N-ethyl adjacent to an activating group) is 1. The van der Waals surface area contributed by atoms with Crippen LogP contribution in [0.5, 0.6) is 0 Å². The molecule has 1 aromatic carbocycles. The Bertz CT molecular complexity index is 533. The van der Waals surface area contributed by atoms with E-state index in [0.29, 0.717) is 25.2 Å². The fraction of sp³-hybridized carbons (Fsp3) is 0.429. The molecule has 0 aliphatic carbocycles. The first kappa shape index (κ1) is 14.5. The van der Waals surface area contributed by atoms with Crippen molar-refractivity contribution in [3.05, 3.63) is 35.1 Å². The molecular weight excluding hydrogens is 261 g/mol. The Morgan fingerprint density at radius 3 is 2.90 bits per heavy atom. The number of carbonyl (C=O) groups excluding carboxylic acids is 2. The topological polar surface area (TPSA) is 61.4 Å². The molecule has 5 nitrogen and oxygen atoms in total. The van der Waals surface area contributed by atoms with Crippen LogP contribution in [-0.4, -0.2) is 49.4 Å². The Morgan fingerprint density at radius 2 is 2.20 bits per heavy atom. The minimum absolute atomic E-state index is 0.0146. The molecule has 1 aliphatic heterocycles. The predicted molar refractivity (Wildman–Crippen MR) is 72.9 cm³/mol. The third-order valence-electron chi connectivity index (χ3n) is 3.48. The number of nitrogens with one attached hydrogen (secondary N) is 2. The summed E-state index contributed by atoms with van der Waals surface area (Å²) in [6.07, 6.45) is 0. The summed E-state index contributed by atoms with van der Waals surface area (Å²) in [5.41, 5.74) is 0.434. The first-order valence-corrected chi connectivity index (χ1v) is 6.54. The van der Waals surface area contributed by atoms with Gasteiger partial charge in [0.05, 0.1) is 5.56 Å². The van der Waals surface area contributed by atoms with E-state index in [-0.39, 0.29) is 11.5 Å². The Kier molecular flexibility index (Phi) is 4.34. The van der Waals surface area contributed by atoms with Crippen molar-refractivity contribution in [3.8, 4) is 0 Å². The maximum absolute atomic E-state index is 14.1. The van der Waals surface area contributed by atoms with Gasteiger partial charge in [0.25, 0.3) is 5.91 Å². The van der Waals surface area contributed by atoms with E-state index in [9.17, 15) is 14.0 Å². The number of halogens is 1. The fourth-order valence-corrected chi connectivity index (χ4v) is 2.32. The average molecular weight is 279 g/mol. The van der Waals surface area contributed by atoms with Gasteiger partial charge in [-0.05, 0) is 18.6 Å². The molecule has 0 radical (unpaired) electrons. The maximum Gasteiger partial charge on any atom is 0.257 e. The minimum Gasteiger partial charge on any atom is -0.357 e. The van der Waals surface area contributed by atoms with Gasteiger partial charge in [-0.1, -0.05) is 12.1 Å². The first-order valence-electron chi connectivity index (χ1n) is 6.54. The van der Waals surface area contributed by atoms with E-state index in [1.54, 1.807) is 19.1 Å². The Morgan fingerprint density at radius 1 is 1.45 bits per heavy atom. The molecule has 108 valence electrons. The van der Waals surface area contributed by atoms with Gasteiger partial charge in [-0.2, -0.15) is 0 Å². The number of amides is 2. The zero-order chi connectivity index (χ0) is 14.7. The molecule has 1 atom stereocenters. The Hall–Kier alpha value is -1.95. The van der Waals surface area contributed by atoms with Crippen molar-refractivity contribution in [2.45, 2.75) is 13.0 Å². The molecule has 1 heterocycles. The predicted octanol–water partition coefficient (Wildman–Crippen LogP) is 0.294. The second kappa shape index (κ2) is 6.00. The minimum atomic E-state index is -0.610. The molecule has 1 unspecified atom stereocenters. The number of nitrogens with zero attached hydrogens (tertiary/aromatic N) is 1. The summed E-state index contributed by atoms with van der Waals surface area (Å²) in [6, 6.07) is 4.09. The maximum atomic E-state index is 14.1. The van der Waals surface area contributed by atoms with Crippen LogP contribution in [0.1, 0.15) is 15.9 Å². The van der Waals surface area contributed by atoms with Gasteiger partial charge in [-0.15, -0.1) is 0 Å². The van der Waals surface area contributed by atoms with Crippen LogP contribution in [0.2, 0.25) is 0 Å². The molecule has 0 bridgehead atoms. The van der Waals surface area contributed by atoms with Gasteiger partial charge >= 0.3 is 0 Å². The fourth-order valence-electron chi connectivity index (χ4n) is 2.32. The molecule has 1 aromatic rings. The third kappa shape index (κ3) is 2.65. The van der Waals surface area contributed by atoms with Crippen molar-refractivity contribution in [3.63, 3.8) is 0 Å². The lowest BCUT2D eigenvalue weighted by Gasteiger charge is -2.35. The molecule has 0 aromatic heterocycles. The summed E-state index contributed by atoms with van der Waals surface area (Å²) in [4.78, 5) is 25.7. The van der Waals surface area contributed by atoms with E-state index in [1.165, 1.54) is 18.0 Å². The summed E-state index contributed by atoms with van der Waals surface area (Å²) in [6.45, 7) is 2.95. The quantitative estimate of drug-likeness (QED) is 0.818. The molecule has 20 heavy (non-hydrogen) atoms. The van der Waals surface area contributed by atoms with Crippen LogP contribution < -0.4 is 10.6 Å². The van der Waals surface area contributed by atoms with E-state index in [1.807, 2.05) is 0 Å². The summed E-state index contributed by atoms with van der Waals surface area (Å²) >= 11 is 0. The van der Waals surface area contributed by atoms with Crippen molar-refractivity contribution in [2.24, 2.45) is 0 Å². The summed E-state index contributed by atoms with van der Waals surface area (Å²) < 4.78 is 14.1. The van der Waals surface area contributed by atoms with Crippen LogP contribution in [-0.2, 0) is 4.79 Å². The smallest absolute Gasteiger partial charge is 0.257 e. The lowest BCUT2D eigenvalue weighted by molar-refractivity contribution is -0.125. The highest BCUT2D eigenvalue weighted by Crippen LogP contribution is 2.16. The molecule has 2 N–H and O–H groups in total. The number of piperazine rings is 1. The SMILES string of the molecule is CNC(=O)C1CNCCN1C(=O)c1cccc(C)c1F. The first-order chi connectivity index (χ1) is 9.56. The number of hydrogen-bond acceptors (Lipinski definition) is 3. The summed E-state index contributed by atoms with van der Waals surface area (Å²) in [7, 11) is 1.52. The van der Waals surface area contributed by atoms with Crippen molar-refractivity contribution < 1.29 is 14.0 Å². The van der Waals surface area contributed by atoms with E-state index in [2.05, 4.69) is 10.6 Å². The highest BCUT2D eigenvalue weighted by Gasteiger charge is 2.33. The van der Waals surface area contributed by atoms with Crippen molar-refractivity contribution >= 4 is 11.8 Å². The number of hydrogen-bond donors (Lipinski definition) is 2. The molecule has 2 amide bonds. The van der Waals surface area contributed by atoms with Crippen molar-refractivity contribution in [2.75, 3.05) is 26.7 Å². The van der Waals surface area contributed by atoms with Crippen LogP contribution in [0.25, 0.3) is 0 Å². The Labute approximate surface area is 117 Å². The number of benzene rings is 1. The van der Waals surface area contributed by atoms with Gasteiger partial charge in [0, 0.05) is 26.7 Å². The molecule has 1 aliphatic rings. The largest absolute Gasteiger partial charge is 0.357 e. The van der Waals surface area contributed by atoms with Gasteiger partial charge in [0.2, 0.25) is 5.91 Å². The standard InChI is InChI=1S/C14H18FN3O2/c1-9-4-3-5-10(12(9)15)14(20)18-7-6-17-8-11(18)13(19)16-2/h3-5,11,17H,6-8H2,1-2H3,(H,16,19). The number of rotatable bonds is 2. The van der Waals surface area contributed by atoms with Crippen LogP contribution in [0.3, 0.4) is 0 Å². The zero-order valence-corrected chi connectivity index (χ0v) is 11.6. The second-order valence-corrected chi connectivity index (χ2v) is 4.77. The lowest BCUT2D eigenvalue weighted by atomic mass is 10.1. The Balaban J connectivity index is 2.30. The monoisotopic (exact) mass is 279 g/mol. The molecule has 2 rings (SSSR count). The second-order valence-electron chi connectivity index (χ2n) is 4.77. The van der Waals surface area contributed by atoms with Crippen molar-refractivity contribution in [1.29, 1.82) is 0 Å². The third-order valence-corrected chi connectivity index (χ3v) is 3.48. The van der Waals surface area contributed by atoms with Gasteiger partial charge in [0.1, 0.15) is 11.9 Å². The van der Waals surface area contributed by atoms with E-state index in [0.717, 1.165) is 0 Å². The number of aryl methyl sites for hydroxylation is 1. The molecule has 1 saturated heterocycles. The highest BCUT2D eigenvalue weighted by atomic mass is 19.1. The molecular formula is C14H18FN3O2. The highest BCUT2D eigenvalue weighted by molar-refractivity contribution is 5.98. The molecule has 1 fully saturated rings. The van der Waals surface area contributed by atoms with Gasteiger partial charge < -0.3 is 15.5 Å². The normalized spacial score (nSPS) is 18.8. The lowest BCUT2D eigenvalue weighted by Crippen LogP contribution is -2.59. The van der Waals surface area contributed by atoms with Gasteiger partial charge in [0.15, 0.2) is 0 Å². The van der Waals surface area contributed by atoms with E-state index in [4.69, 9.17) is 0 Å². The molecule has 6 heteroatoms. The number of carbonyl (C=O) groups is 2. The van der Waals surface area contributed by atoms with Gasteiger partial charge in [-0.25, -0.2) is 4.39 Å². The summed E-state index contributed by atoms with van der Waals surface area (Å²) in [5, 5.41) is 5.59. The average Bonchev–Trinajstić information content (AvgIpc) is 2.48. The molecule has 0 saturated carbocycles. The van der Waals surface area contributed by atoms with Crippen LogP contribution in [0.15, 0.2) is 18.2 Å². The zero-order valence-electron chi connectivity index (χ0n) is 11.6. The molecule has 0 spiro atoms. The van der Waals surface area contributed by atoms with Gasteiger partial charge in [-0.3, -0.25) is 9.59 Å².